The molecule has 0 bridgehead atoms. The maximum atomic E-state index is 12.1. The largest absolute Gasteiger partial charge is 0.508 e. The Morgan fingerprint density at radius 3 is 2.72 bits per heavy atom. The van der Waals surface area contributed by atoms with Gasteiger partial charge in [0.2, 0.25) is 0 Å². The van der Waals surface area contributed by atoms with E-state index in [0.717, 1.165) is 6.07 Å². The zero-order chi connectivity index (χ0) is 13.1. The number of ketones is 1. The van der Waals surface area contributed by atoms with Gasteiger partial charge < -0.3 is 10.2 Å². The Labute approximate surface area is 104 Å². The van der Waals surface area contributed by atoms with Crippen LogP contribution in [0.4, 0.5) is 0 Å². The van der Waals surface area contributed by atoms with Gasteiger partial charge in [-0.25, -0.2) is 9.97 Å². The van der Waals surface area contributed by atoms with Gasteiger partial charge in [0, 0.05) is 12.3 Å². The molecule has 0 unspecified atom stereocenters. The molecule has 0 aliphatic carbocycles. The lowest BCUT2D eigenvalue weighted by Gasteiger charge is -2.08. The Balaban J connectivity index is 2.30. The van der Waals surface area contributed by atoms with E-state index in [4.69, 9.17) is 0 Å². The highest BCUT2D eigenvalue weighted by Crippen LogP contribution is 2.27. The standard InChI is InChI=1S/C13H12N2O3/c1-8-4-10(16)6-12(18)13(8)11(17)5-9-2-3-14-7-15-9/h2-4,6-7,16,18H,5H2,1H3. The molecular weight excluding hydrogens is 232 g/mol. The summed E-state index contributed by atoms with van der Waals surface area (Å²) in [6.45, 7) is 1.66. The first kappa shape index (κ1) is 12.0. The van der Waals surface area contributed by atoms with E-state index in [1.54, 1.807) is 19.2 Å². The molecule has 0 amide bonds. The fourth-order valence-corrected chi connectivity index (χ4v) is 1.79. The molecule has 0 saturated carbocycles. The first-order chi connectivity index (χ1) is 8.58. The minimum atomic E-state index is -0.247. The van der Waals surface area contributed by atoms with E-state index in [2.05, 4.69) is 9.97 Å². The molecule has 1 heterocycles. The molecule has 92 valence electrons. The van der Waals surface area contributed by atoms with Gasteiger partial charge in [0.25, 0.3) is 0 Å². The van der Waals surface area contributed by atoms with Crippen LogP contribution in [0.3, 0.4) is 0 Å². The lowest BCUT2D eigenvalue weighted by Crippen LogP contribution is -2.07. The van der Waals surface area contributed by atoms with Crippen LogP contribution in [-0.4, -0.2) is 26.0 Å². The number of hydrogen-bond acceptors (Lipinski definition) is 5. The van der Waals surface area contributed by atoms with Crippen molar-refractivity contribution in [2.75, 3.05) is 0 Å². The summed E-state index contributed by atoms with van der Waals surface area (Å²) in [6, 6.07) is 4.23. The number of Topliss-reactive ketones (excluding diaryl/α,β-unsaturated/α-hetero) is 1. The summed E-state index contributed by atoms with van der Waals surface area (Å²) in [5, 5.41) is 19.0. The van der Waals surface area contributed by atoms with Crippen LogP contribution >= 0.6 is 0 Å². The van der Waals surface area contributed by atoms with Crippen LogP contribution < -0.4 is 0 Å². The second-order valence-electron chi connectivity index (χ2n) is 3.96. The van der Waals surface area contributed by atoms with Crippen LogP contribution in [0.1, 0.15) is 21.6 Å². The lowest BCUT2D eigenvalue weighted by molar-refractivity contribution is 0.0988. The summed E-state index contributed by atoms with van der Waals surface area (Å²) >= 11 is 0. The fourth-order valence-electron chi connectivity index (χ4n) is 1.79. The molecule has 5 nitrogen and oxygen atoms in total. The number of phenolic OH excluding ortho intramolecular Hbond substituents is 2. The van der Waals surface area contributed by atoms with Crippen molar-refractivity contribution in [3.63, 3.8) is 0 Å². The molecule has 5 heteroatoms. The summed E-state index contributed by atoms with van der Waals surface area (Å²) in [5.41, 5.74) is 1.33. The fraction of sp³-hybridized carbons (Fsp3) is 0.154. The van der Waals surface area contributed by atoms with Crippen molar-refractivity contribution >= 4 is 5.78 Å². The first-order valence-electron chi connectivity index (χ1n) is 5.38. The van der Waals surface area contributed by atoms with Gasteiger partial charge in [-0.3, -0.25) is 4.79 Å². The number of benzene rings is 1. The molecule has 0 atom stereocenters. The number of aromatic hydroxyl groups is 2. The third-order valence-electron chi connectivity index (χ3n) is 2.56. The number of aromatic nitrogens is 2. The monoisotopic (exact) mass is 244 g/mol. The number of hydrogen-bond donors (Lipinski definition) is 2. The Kier molecular flexibility index (Phi) is 3.23. The molecule has 1 aromatic carbocycles. The third kappa shape index (κ3) is 2.45. The molecule has 2 aromatic rings. The Morgan fingerprint density at radius 1 is 1.33 bits per heavy atom. The molecule has 0 aliphatic rings. The van der Waals surface area contributed by atoms with Gasteiger partial charge >= 0.3 is 0 Å². The highest BCUT2D eigenvalue weighted by molar-refractivity contribution is 6.01. The van der Waals surface area contributed by atoms with Gasteiger partial charge in [0.1, 0.15) is 17.8 Å². The van der Waals surface area contributed by atoms with Crippen LogP contribution in [0.5, 0.6) is 11.5 Å². The Bertz CT molecular complexity index is 559. The number of carbonyl (C=O) groups excluding carboxylic acids is 1. The van der Waals surface area contributed by atoms with Crippen LogP contribution in [0.2, 0.25) is 0 Å². The SMILES string of the molecule is Cc1cc(O)cc(O)c1C(=O)Cc1ccncn1. The van der Waals surface area contributed by atoms with Gasteiger partial charge in [0.05, 0.1) is 17.7 Å². The number of rotatable bonds is 3. The van der Waals surface area contributed by atoms with Crippen molar-refractivity contribution in [2.24, 2.45) is 0 Å². The van der Waals surface area contributed by atoms with Crippen LogP contribution in [0.15, 0.2) is 30.7 Å². The van der Waals surface area contributed by atoms with Crippen molar-refractivity contribution < 1.29 is 15.0 Å². The molecule has 0 spiro atoms. The molecule has 1 aromatic heterocycles. The van der Waals surface area contributed by atoms with E-state index in [9.17, 15) is 15.0 Å². The highest BCUT2D eigenvalue weighted by atomic mass is 16.3. The van der Waals surface area contributed by atoms with E-state index in [1.165, 1.54) is 12.4 Å². The van der Waals surface area contributed by atoms with Gasteiger partial charge in [-0.1, -0.05) is 0 Å². The summed E-state index contributed by atoms with van der Waals surface area (Å²) in [7, 11) is 0. The number of carbonyl (C=O) groups is 1. The van der Waals surface area contributed by atoms with Gasteiger partial charge in [-0.2, -0.15) is 0 Å². The predicted molar refractivity (Wildman–Crippen MR) is 64.6 cm³/mol. The highest BCUT2D eigenvalue weighted by Gasteiger charge is 2.16. The van der Waals surface area contributed by atoms with Gasteiger partial charge in [0.15, 0.2) is 5.78 Å². The summed E-state index contributed by atoms with van der Waals surface area (Å²) in [4.78, 5) is 19.8. The smallest absolute Gasteiger partial charge is 0.172 e. The number of phenols is 2. The summed E-state index contributed by atoms with van der Waals surface area (Å²) in [6.07, 6.45) is 3.01. The van der Waals surface area contributed by atoms with Crippen molar-refractivity contribution in [2.45, 2.75) is 13.3 Å². The third-order valence-corrected chi connectivity index (χ3v) is 2.56. The maximum absolute atomic E-state index is 12.1. The molecule has 0 radical (unpaired) electrons. The number of aryl methyl sites for hydroxylation is 1. The maximum Gasteiger partial charge on any atom is 0.172 e. The molecule has 0 fully saturated rings. The van der Waals surface area contributed by atoms with E-state index in [1.807, 2.05) is 0 Å². The van der Waals surface area contributed by atoms with Crippen molar-refractivity contribution in [3.8, 4) is 11.5 Å². The summed E-state index contributed by atoms with van der Waals surface area (Å²) < 4.78 is 0. The predicted octanol–water partition coefficient (Wildman–Crippen LogP) is 1.62. The molecule has 2 N–H and O–H groups in total. The minimum absolute atomic E-state index is 0.0661. The lowest BCUT2D eigenvalue weighted by atomic mass is 10.00. The second kappa shape index (κ2) is 4.83. The molecular formula is C13H12N2O3. The normalized spacial score (nSPS) is 10.3. The van der Waals surface area contributed by atoms with Crippen molar-refractivity contribution in [1.82, 2.24) is 9.97 Å². The second-order valence-corrected chi connectivity index (χ2v) is 3.96. The molecule has 2 rings (SSSR count). The van der Waals surface area contributed by atoms with Crippen LogP contribution in [0, 0.1) is 6.92 Å². The van der Waals surface area contributed by atoms with Crippen LogP contribution in [0.25, 0.3) is 0 Å². The van der Waals surface area contributed by atoms with E-state index in [0.29, 0.717) is 11.3 Å². The zero-order valence-electron chi connectivity index (χ0n) is 9.79. The summed E-state index contributed by atoms with van der Waals surface area (Å²) in [5.74, 6) is -0.529. The van der Waals surface area contributed by atoms with E-state index >= 15 is 0 Å². The Morgan fingerprint density at radius 2 is 2.11 bits per heavy atom. The van der Waals surface area contributed by atoms with E-state index < -0.39 is 0 Å². The zero-order valence-corrected chi connectivity index (χ0v) is 9.79. The Hall–Kier alpha value is -2.43. The van der Waals surface area contributed by atoms with Gasteiger partial charge in [-0.05, 0) is 24.6 Å². The average Bonchev–Trinajstić information content (AvgIpc) is 2.28. The molecule has 0 aliphatic heterocycles. The minimum Gasteiger partial charge on any atom is -0.508 e. The van der Waals surface area contributed by atoms with Gasteiger partial charge in [-0.15, -0.1) is 0 Å². The first-order valence-corrected chi connectivity index (χ1v) is 5.38. The van der Waals surface area contributed by atoms with Crippen LogP contribution in [-0.2, 0) is 6.42 Å². The quantitative estimate of drug-likeness (QED) is 0.801. The molecule has 0 saturated heterocycles. The van der Waals surface area contributed by atoms with E-state index in [-0.39, 0.29) is 29.3 Å². The van der Waals surface area contributed by atoms with Crippen molar-refractivity contribution in [1.29, 1.82) is 0 Å². The topological polar surface area (TPSA) is 83.3 Å². The van der Waals surface area contributed by atoms with Crippen molar-refractivity contribution in [3.05, 3.63) is 47.5 Å². The average molecular weight is 244 g/mol. The number of nitrogens with zero attached hydrogens (tertiary/aromatic N) is 2. The molecule has 18 heavy (non-hydrogen) atoms.